The third-order valence-electron chi connectivity index (χ3n) is 11.0. The first kappa shape index (κ1) is 30.3. The molecule has 1 aliphatic carbocycles. The molecular formula is C49H35N3. The Hall–Kier alpha value is -6.58. The number of nitrogens with zero attached hydrogens (tertiary/aromatic N) is 3. The predicted octanol–water partition coefficient (Wildman–Crippen LogP) is 12.5. The number of aromatic nitrogens is 3. The lowest BCUT2D eigenvalue weighted by atomic mass is 9.81. The van der Waals surface area contributed by atoms with E-state index in [0.717, 1.165) is 22.4 Å². The van der Waals surface area contributed by atoms with Crippen LogP contribution in [0, 0.1) is 0 Å². The van der Waals surface area contributed by atoms with Crippen LogP contribution in [0.4, 0.5) is 0 Å². The van der Waals surface area contributed by atoms with Gasteiger partial charge in [0, 0.05) is 51.6 Å². The maximum Gasteiger partial charge on any atom is 0.0702 e. The van der Waals surface area contributed by atoms with Crippen molar-refractivity contribution in [1.29, 1.82) is 0 Å². The number of rotatable bonds is 5. The Balaban J connectivity index is 0.957. The summed E-state index contributed by atoms with van der Waals surface area (Å²) in [6.07, 6.45) is 5.56. The molecule has 0 unspecified atom stereocenters. The van der Waals surface area contributed by atoms with Gasteiger partial charge in [0.1, 0.15) is 0 Å². The number of hydrogen-bond donors (Lipinski definition) is 0. The summed E-state index contributed by atoms with van der Waals surface area (Å²) in [4.78, 5) is 8.89. The Kier molecular flexibility index (Phi) is 6.84. The lowest BCUT2D eigenvalue weighted by molar-refractivity contribution is 0.661. The predicted molar refractivity (Wildman–Crippen MR) is 216 cm³/mol. The first-order valence-electron chi connectivity index (χ1n) is 17.9. The number of hydrogen-bond acceptors (Lipinski definition) is 2. The van der Waals surface area contributed by atoms with E-state index < -0.39 is 0 Å². The summed E-state index contributed by atoms with van der Waals surface area (Å²) in [5.41, 5.74) is 18.0. The van der Waals surface area contributed by atoms with Gasteiger partial charge in [-0.25, -0.2) is 0 Å². The van der Waals surface area contributed by atoms with Crippen molar-refractivity contribution >= 4 is 21.8 Å². The molecule has 9 aromatic rings. The first-order valence-corrected chi connectivity index (χ1v) is 17.9. The monoisotopic (exact) mass is 665 g/mol. The van der Waals surface area contributed by atoms with Crippen molar-refractivity contribution in [2.45, 2.75) is 19.3 Å². The van der Waals surface area contributed by atoms with Crippen LogP contribution >= 0.6 is 0 Å². The van der Waals surface area contributed by atoms with Crippen LogP contribution in [0.5, 0.6) is 0 Å². The Morgan fingerprint density at radius 1 is 0.442 bits per heavy atom. The second kappa shape index (κ2) is 11.8. The van der Waals surface area contributed by atoms with Gasteiger partial charge in [0.05, 0.1) is 16.7 Å². The van der Waals surface area contributed by atoms with E-state index in [9.17, 15) is 0 Å². The molecular weight excluding hydrogens is 631 g/mol. The molecule has 0 amide bonds. The van der Waals surface area contributed by atoms with E-state index in [1.54, 1.807) is 0 Å². The van der Waals surface area contributed by atoms with Gasteiger partial charge >= 0.3 is 0 Å². The van der Waals surface area contributed by atoms with Crippen molar-refractivity contribution in [3.8, 4) is 61.5 Å². The maximum atomic E-state index is 4.77. The Morgan fingerprint density at radius 2 is 0.981 bits per heavy atom. The van der Waals surface area contributed by atoms with Gasteiger partial charge in [-0.15, -0.1) is 0 Å². The highest BCUT2D eigenvalue weighted by molar-refractivity contribution is 6.09. The van der Waals surface area contributed by atoms with E-state index >= 15 is 0 Å². The van der Waals surface area contributed by atoms with E-state index in [1.807, 2.05) is 30.7 Å². The lowest BCUT2D eigenvalue weighted by Gasteiger charge is -2.23. The fourth-order valence-corrected chi connectivity index (χ4v) is 8.24. The van der Waals surface area contributed by atoms with E-state index in [-0.39, 0.29) is 5.41 Å². The highest BCUT2D eigenvalue weighted by Crippen LogP contribution is 2.50. The number of fused-ring (bicyclic) bond motifs is 6. The molecule has 3 heteroatoms. The van der Waals surface area contributed by atoms with E-state index in [4.69, 9.17) is 4.98 Å². The van der Waals surface area contributed by atoms with Crippen LogP contribution in [-0.4, -0.2) is 14.5 Å². The molecule has 3 heterocycles. The Labute approximate surface area is 303 Å². The van der Waals surface area contributed by atoms with Gasteiger partial charge in [0.15, 0.2) is 0 Å². The molecule has 0 bridgehead atoms. The van der Waals surface area contributed by atoms with Crippen molar-refractivity contribution in [2.24, 2.45) is 0 Å². The fraction of sp³-hybridized carbons (Fsp3) is 0.0612. The average molecular weight is 666 g/mol. The standard InChI is InChI=1S/C49H35N3/c1-49(2)44-29-36(32-14-16-34(17-15-32)46-23-20-38(31-51-46)33-24-26-50-27-25-33)18-21-40(44)41-22-19-37(30-45(41)49)35-8-7-9-39(28-35)52-47-12-5-3-10-42(47)43-11-4-6-13-48(43)52/h3-31H,1-2H3. The average Bonchev–Trinajstić information content (AvgIpc) is 3.66. The van der Waals surface area contributed by atoms with Crippen molar-refractivity contribution in [1.82, 2.24) is 14.5 Å². The molecule has 52 heavy (non-hydrogen) atoms. The van der Waals surface area contributed by atoms with Crippen molar-refractivity contribution in [3.63, 3.8) is 0 Å². The minimum absolute atomic E-state index is 0.137. The Morgan fingerprint density at radius 3 is 1.62 bits per heavy atom. The summed E-state index contributed by atoms with van der Waals surface area (Å²) in [6, 6.07) is 57.4. The van der Waals surface area contributed by atoms with Crippen molar-refractivity contribution in [2.75, 3.05) is 0 Å². The molecule has 0 aliphatic heterocycles. The third-order valence-corrected chi connectivity index (χ3v) is 11.0. The Bertz CT molecular complexity index is 2740. The smallest absolute Gasteiger partial charge is 0.0702 e. The number of para-hydroxylation sites is 2. The molecule has 0 N–H and O–H groups in total. The summed E-state index contributed by atoms with van der Waals surface area (Å²) in [6.45, 7) is 4.73. The zero-order chi connectivity index (χ0) is 34.8. The van der Waals surface area contributed by atoms with Gasteiger partial charge in [-0.2, -0.15) is 0 Å². The molecule has 3 nitrogen and oxygen atoms in total. The second-order valence-corrected chi connectivity index (χ2v) is 14.3. The van der Waals surface area contributed by atoms with Crippen LogP contribution in [0.25, 0.3) is 83.3 Å². The quantitative estimate of drug-likeness (QED) is 0.183. The molecule has 6 aromatic carbocycles. The van der Waals surface area contributed by atoms with E-state index in [1.165, 1.54) is 72.0 Å². The highest BCUT2D eigenvalue weighted by atomic mass is 15.0. The van der Waals surface area contributed by atoms with Gasteiger partial charge in [0.25, 0.3) is 0 Å². The molecule has 0 saturated carbocycles. The zero-order valence-corrected chi connectivity index (χ0v) is 29.1. The zero-order valence-electron chi connectivity index (χ0n) is 29.1. The van der Waals surface area contributed by atoms with Crippen LogP contribution in [-0.2, 0) is 5.41 Å². The van der Waals surface area contributed by atoms with E-state index in [0.29, 0.717) is 0 Å². The van der Waals surface area contributed by atoms with Crippen LogP contribution in [0.2, 0.25) is 0 Å². The molecule has 1 aliphatic rings. The fourth-order valence-electron chi connectivity index (χ4n) is 8.24. The largest absolute Gasteiger partial charge is 0.309 e. The maximum absolute atomic E-state index is 4.77. The van der Waals surface area contributed by atoms with Crippen molar-refractivity contribution in [3.05, 3.63) is 187 Å². The summed E-state index contributed by atoms with van der Waals surface area (Å²) < 4.78 is 2.39. The normalized spacial score (nSPS) is 13.0. The summed E-state index contributed by atoms with van der Waals surface area (Å²) in [5, 5.41) is 2.56. The molecule has 0 radical (unpaired) electrons. The van der Waals surface area contributed by atoms with Gasteiger partial charge in [-0.1, -0.05) is 117 Å². The first-order chi connectivity index (χ1) is 25.5. The minimum Gasteiger partial charge on any atom is -0.309 e. The molecule has 0 fully saturated rings. The van der Waals surface area contributed by atoms with Crippen molar-refractivity contribution < 1.29 is 0 Å². The summed E-state index contributed by atoms with van der Waals surface area (Å²) in [7, 11) is 0. The van der Waals surface area contributed by atoms with E-state index in [2.05, 4.69) is 169 Å². The lowest BCUT2D eigenvalue weighted by Crippen LogP contribution is -2.15. The van der Waals surface area contributed by atoms with Gasteiger partial charge in [-0.3, -0.25) is 9.97 Å². The third kappa shape index (κ3) is 4.81. The topological polar surface area (TPSA) is 30.7 Å². The van der Waals surface area contributed by atoms with Crippen LogP contribution < -0.4 is 0 Å². The van der Waals surface area contributed by atoms with Gasteiger partial charge < -0.3 is 4.57 Å². The number of benzene rings is 6. The molecule has 10 rings (SSSR count). The summed E-state index contributed by atoms with van der Waals surface area (Å²) >= 11 is 0. The summed E-state index contributed by atoms with van der Waals surface area (Å²) in [5.74, 6) is 0. The SMILES string of the molecule is CC1(C)c2cc(-c3ccc(-c4ccc(-c5ccncc5)cn4)cc3)ccc2-c2ccc(-c3cccc(-n4c5ccccc5c5ccccc54)c3)cc21. The highest BCUT2D eigenvalue weighted by Gasteiger charge is 2.36. The van der Waals surface area contributed by atoms with Gasteiger partial charge in [0.2, 0.25) is 0 Å². The minimum atomic E-state index is -0.137. The van der Waals surface area contributed by atoms with Crippen LogP contribution in [0.15, 0.2) is 176 Å². The van der Waals surface area contributed by atoms with Crippen LogP contribution in [0.3, 0.4) is 0 Å². The molecule has 246 valence electrons. The molecule has 3 aromatic heterocycles. The molecule has 0 atom stereocenters. The second-order valence-electron chi connectivity index (χ2n) is 14.3. The van der Waals surface area contributed by atoms with Crippen LogP contribution in [0.1, 0.15) is 25.0 Å². The molecule has 0 saturated heterocycles. The number of pyridine rings is 2. The molecule has 0 spiro atoms. The van der Waals surface area contributed by atoms with Gasteiger partial charge in [-0.05, 0) is 105 Å².